The molecule has 11 heteroatoms. The van der Waals surface area contributed by atoms with Crippen molar-refractivity contribution in [2.24, 2.45) is 5.92 Å². The van der Waals surface area contributed by atoms with Crippen LogP contribution in [0.15, 0.2) is 24.3 Å². The number of likely N-dealkylation sites (N-methyl/N-ethyl adjacent to an activating group) is 1. The summed E-state index contributed by atoms with van der Waals surface area (Å²) in [4.78, 5) is 53.1. The van der Waals surface area contributed by atoms with E-state index in [-0.39, 0.29) is 42.8 Å². The Morgan fingerprint density at radius 2 is 1.97 bits per heavy atom. The SMILES string of the molecule is CC[C@H](C)[C@@H]1NC(=O)C[C@@H](C(=O)NC[C@@H](O)CO)NC(=O)c2ccccc2OCCN(C)C1=O. The van der Waals surface area contributed by atoms with Crippen molar-refractivity contribution in [3.8, 4) is 5.75 Å². The van der Waals surface area contributed by atoms with Crippen LogP contribution >= 0.6 is 0 Å². The van der Waals surface area contributed by atoms with E-state index in [1.165, 1.54) is 11.0 Å². The number of carbonyl (C=O) groups is 4. The molecule has 2 rings (SSSR count). The number of hydrogen-bond donors (Lipinski definition) is 5. The fourth-order valence-corrected chi connectivity index (χ4v) is 3.37. The molecule has 11 nitrogen and oxygen atoms in total. The van der Waals surface area contributed by atoms with Gasteiger partial charge in [0.25, 0.3) is 5.91 Å². The van der Waals surface area contributed by atoms with Gasteiger partial charge in [-0.1, -0.05) is 32.4 Å². The molecule has 1 aliphatic heterocycles. The highest BCUT2D eigenvalue weighted by atomic mass is 16.5. The van der Waals surface area contributed by atoms with E-state index in [1.807, 2.05) is 13.8 Å². The van der Waals surface area contributed by atoms with E-state index in [0.717, 1.165) is 0 Å². The Balaban J connectivity index is 2.37. The summed E-state index contributed by atoms with van der Waals surface area (Å²) >= 11 is 0. The molecule has 1 aromatic carbocycles. The molecular weight excluding hydrogens is 444 g/mol. The number of nitrogens with one attached hydrogen (secondary N) is 3. The number of hydrogen-bond acceptors (Lipinski definition) is 7. The third kappa shape index (κ3) is 7.42. The van der Waals surface area contributed by atoms with Gasteiger partial charge >= 0.3 is 0 Å². The fourth-order valence-electron chi connectivity index (χ4n) is 3.37. The minimum absolute atomic E-state index is 0.122. The highest BCUT2D eigenvalue weighted by Crippen LogP contribution is 2.19. The van der Waals surface area contributed by atoms with E-state index in [9.17, 15) is 24.3 Å². The van der Waals surface area contributed by atoms with Crippen LogP contribution in [-0.2, 0) is 14.4 Å². The number of fused-ring (bicyclic) bond motifs is 1. The Morgan fingerprint density at radius 1 is 1.26 bits per heavy atom. The molecule has 1 aromatic rings. The summed E-state index contributed by atoms with van der Waals surface area (Å²) in [6.45, 7) is 3.29. The number of amides is 4. The average molecular weight is 479 g/mol. The van der Waals surface area contributed by atoms with E-state index < -0.39 is 48.9 Å². The number of rotatable bonds is 6. The largest absolute Gasteiger partial charge is 0.491 e. The Labute approximate surface area is 198 Å². The van der Waals surface area contributed by atoms with Crippen LogP contribution in [0.5, 0.6) is 5.75 Å². The van der Waals surface area contributed by atoms with Gasteiger partial charge < -0.3 is 35.8 Å². The van der Waals surface area contributed by atoms with Crippen molar-refractivity contribution in [3.05, 3.63) is 29.8 Å². The molecule has 34 heavy (non-hydrogen) atoms. The van der Waals surface area contributed by atoms with Gasteiger partial charge in [0.2, 0.25) is 17.7 Å². The van der Waals surface area contributed by atoms with Crippen LogP contribution in [0.1, 0.15) is 37.0 Å². The van der Waals surface area contributed by atoms with Crippen LogP contribution in [0.25, 0.3) is 0 Å². The van der Waals surface area contributed by atoms with Gasteiger partial charge in [0.1, 0.15) is 24.4 Å². The minimum atomic E-state index is -1.29. The summed E-state index contributed by atoms with van der Waals surface area (Å²) in [7, 11) is 1.61. The van der Waals surface area contributed by atoms with Crippen LogP contribution in [0.3, 0.4) is 0 Å². The molecule has 0 fully saturated rings. The van der Waals surface area contributed by atoms with E-state index >= 15 is 0 Å². The number of carbonyl (C=O) groups excluding carboxylic acids is 4. The molecule has 0 radical (unpaired) electrons. The van der Waals surface area contributed by atoms with E-state index in [0.29, 0.717) is 6.42 Å². The zero-order chi connectivity index (χ0) is 25.3. The summed E-state index contributed by atoms with van der Waals surface area (Å²) in [5.74, 6) is -2.11. The molecule has 0 unspecified atom stereocenters. The highest BCUT2D eigenvalue weighted by molar-refractivity contribution is 6.01. The third-order valence-electron chi connectivity index (χ3n) is 5.72. The second-order valence-electron chi connectivity index (χ2n) is 8.35. The topological polar surface area (TPSA) is 157 Å². The Bertz CT molecular complexity index is 879. The first-order valence-corrected chi connectivity index (χ1v) is 11.3. The van der Waals surface area contributed by atoms with Gasteiger partial charge in [-0.25, -0.2) is 0 Å². The molecule has 5 N–H and O–H groups in total. The van der Waals surface area contributed by atoms with E-state index in [1.54, 1.807) is 25.2 Å². The van der Waals surface area contributed by atoms with Gasteiger partial charge in [-0.15, -0.1) is 0 Å². The monoisotopic (exact) mass is 478 g/mol. The van der Waals surface area contributed by atoms with Crippen LogP contribution in [-0.4, -0.2) is 90.3 Å². The van der Waals surface area contributed by atoms with Crippen molar-refractivity contribution in [3.63, 3.8) is 0 Å². The zero-order valence-electron chi connectivity index (χ0n) is 19.7. The van der Waals surface area contributed by atoms with Crippen molar-refractivity contribution in [1.29, 1.82) is 0 Å². The second kappa shape index (κ2) is 12.9. The first kappa shape index (κ1) is 27.1. The minimum Gasteiger partial charge on any atom is -0.491 e. The van der Waals surface area contributed by atoms with Crippen molar-refractivity contribution in [1.82, 2.24) is 20.9 Å². The van der Waals surface area contributed by atoms with Gasteiger partial charge in [0, 0.05) is 13.6 Å². The Morgan fingerprint density at radius 3 is 2.65 bits per heavy atom. The number of benzene rings is 1. The molecule has 1 aliphatic rings. The molecule has 1 heterocycles. The van der Waals surface area contributed by atoms with Crippen LogP contribution < -0.4 is 20.7 Å². The van der Waals surface area contributed by atoms with Gasteiger partial charge in [-0.2, -0.15) is 0 Å². The molecule has 4 atom stereocenters. The number of aliphatic hydroxyl groups excluding tert-OH is 2. The number of para-hydroxylation sites is 1. The first-order chi connectivity index (χ1) is 16.2. The number of ether oxygens (including phenoxy) is 1. The normalized spacial score (nSPS) is 21.8. The van der Waals surface area contributed by atoms with Gasteiger partial charge in [0.15, 0.2) is 0 Å². The van der Waals surface area contributed by atoms with E-state index in [4.69, 9.17) is 9.84 Å². The zero-order valence-corrected chi connectivity index (χ0v) is 19.7. The van der Waals surface area contributed by atoms with Crippen LogP contribution in [0, 0.1) is 5.92 Å². The quantitative estimate of drug-likeness (QED) is 0.352. The molecule has 188 valence electrons. The van der Waals surface area contributed by atoms with Crippen molar-refractivity contribution in [2.45, 2.75) is 44.9 Å². The summed E-state index contributed by atoms with van der Waals surface area (Å²) in [5, 5.41) is 26.2. The standard InChI is InChI=1S/C23H34N4O7/c1-4-14(2)20-23(33)27(3)9-10-34-18-8-6-5-7-16(18)21(31)25-17(11-19(30)26-20)22(32)24-12-15(29)13-28/h5-8,14-15,17,20,28-29H,4,9-13H2,1-3H3,(H,24,32)(H,25,31)(H,26,30)/t14-,15+,17-,20-/m0/s1. The average Bonchev–Trinajstić information content (AvgIpc) is 2.83. The van der Waals surface area contributed by atoms with Crippen molar-refractivity contribution in [2.75, 3.05) is 33.4 Å². The van der Waals surface area contributed by atoms with E-state index in [2.05, 4.69) is 16.0 Å². The Hall–Kier alpha value is -3.18. The molecule has 0 aromatic heterocycles. The van der Waals surface area contributed by atoms with Crippen LogP contribution in [0.4, 0.5) is 0 Å². The molecule has 0 saturated heterocycles. The smallest absolute Gasteiger partial charge is 0.255 e. The second-order valence-corrected chi connectivity index (χ2v) is 8.35. The van der Waals surface area contributed by atoms with Gasteiger partial charge in [-0.05, 0) is 18.1 Å². The maximum Gasteiger partial charge on any atom is 0.255 e. The molecule has 0 saturated carbocycles. The van der Waals surface area contributed by atoms with Gasteiger partial charge in [0.05, 0.1) is 31.2 Å². The maximum atomic E-state index is 13.0. The first-order valence-electron chi connectivity index (χ1n) is 11.3. The summed E-state index contributed by atoms with van der Waals surface area (Å²) < 4.78 is 5.75. The molecule has 0 spiro atoms. The molecule has 4 amide bonds. The van der Waals surface area contributed by atoms with Crippen molar-refractivity contribution >= 4 is 23.6 Å². The maximum absolute atomic E-state index is 13.0. The Kier molecular flexibility index (Phi) is 10.3. The summed E-state index contributed by atoms with van der Waals surface area (Å²) in [5.41, 5.74) is 0.166. The predicted octanol–water partition coefficient (Wildman–Crippen LogP) is -0.974. The molecular formula is C23H34N4O7. The lowest BCUT2D eigenvalue weighted by Gasteiger charge is -2.29. The third-order valence-corrected chi connectivity index (χ3v) is 5.72. The van der Waals surface area contributed by atoms with Crippen molar-refractivity contribution < 1.29 is 34.1 Å². The predicted molar refractivity (Wildman–Crippen MR) is 123 cm³/mol. The van der Waals surface area contributed by atoms with Gasteiger partial charge in [-0.3, -0.25) is 19.2 Å². The molecule has 0 bridgehead atoms. The molecule has 0 aliphatic carbocycles. The lowest BCUT2D eigenvalue weighted by Crippen LogP contribution is -2.54. The lowest BCUT2D eigenvalue weighted by atomic mass is 9.97. The fraction of sp³-hybridized carbons (Fsp3) is 0.565. The number of nitrogens with zero attached hydrogens (tertiary/aromatic N) is 1. The summed E-state index contributed by atoms with van der Waals surface area (Å²) in [6, 6.07) is 4.35. The number of aliphatic hydroxyl groups is 2. The lowest BCUT2D eigenvalue weighted by molar-refractivity contribution is -0.137. The van der Waals surface area contributed by atoms with Crippen LogP contribution in [0.2, 0.25) is 0 Å². The highest BCUT2D eigenvalue weighted by Gasteiger charge is 2.32. The summed E-state index contributed by atoms with van der Waals surface area (Å²) in [6.07, 6.45) is -0.988.